The predicted molar refractivity (Wildman–Crippen MR) is 320 cm³/mol. The third-order valence-electron chi connectivity index (χ3n) is 15.5. The van der Waals surface area contributed by atoms with E-state index in [1.54, 1.807) is 0 Å². The zero-order chi connectivity index (χ0) is 52.9. The van der Waals surface area contributed by atoms with Crippen molar-refractivity contribution in [3.8, 4) is 0 Å². The van der Waals surface area contributed by atoms with Crippen LogP contribution < -0.4 is 5.32 Å². The number of carbonyl (C=O) groups excluding carboxylic acids is 2. The van der Waals surface area contributed by atoms with Crippen LogP contribution in [0.5, 0.6) is 0 Å². The Kier molecular flexibility index (Phi) is 61.4. The third kappa shape index (κ3) is 59.4. The molecule has 0 aromatic rings. The summed E-state index contributed by atoms with van der Waals surface area (Å²) < 4.78 is 5.48. The Hall–Kier alpha value is -1.66. The SMILES string of the molecule is CCCC/C=C\C/C=C\CCCCCCCC(=O)OCCCCCCCCCCCCCCCCCCCCCCCCCCCCCCC(=O)NC(CO)C(O)CCCCCCCCCCCCCCCC. The molecule has 2 unspecified atom stereocenters. The number of unbranched alkanes of at least 4 members (excludes halogenated alkanes) is 47. The van der Waals surface area contributed by atoms with Crippen molar-refractivity contribution < 1.29 is 24.5 Å². The molecule has 0 aromatic carbocycles. The Labute approximate surface area is 456 Å². The predicted octanol–water partition coefficient (Wildman–Crippen LogP) is 21.0. The van der Waals surface area contributed by atoms with Crippen LogP contribution in [0.15, 0.2) is 24.3 Å². The van der Waals surface area contributed by atoms with Gasteiger partial charge in [0.15, 0.2) is 0 Å². The average Bonchev–Trinajstić information content (AvgIpc) is 3.39. The van der Waals surface area contributed by atoms with Crippen LogP contribution in [-0.2, 0) is 14.3 Å². The normalized spacial score (nSPS) is 12.7. The maximum absolute atomic E-state index is 12.5. The highest BCUT2D eigenvalue weighted by atomic mass is 16.5. The standard InChI is InChI=1S/C67H129NO5/c1-3-5-7-9-11-13-15-17-35-39-43-47-51-55-59-65(70)64(63-69)68-66(71)60-56-52-48-44-40-36-33-31-29-27-25-23-21-19-20-22-24-26-28-30-32-34-38-42-46-50-54-58-62-73-67(72)61-57-53-49-45-41-37-18-16-14-12-10-8-6-4-2/h10,12,16,18,64-65,69-70H,3-9,11,13-15,17,19-63H2,1-2H3,(H,68,71)/b12-10-,18-16-. The van der Waals surface area contributed by atoms with Gasteiger partial charge in [0.05, 0.1) is 25.4 Å². The fourth-order valence-corrected chi connectivity index (χ4v) is 10.4. The van der Waals surface area contributed by atoms with E-state index in [-0.39, 0.29) is 18.5 Å². The maximum atomic E-state index is 12.5. The number of amides is 1. The molecule has 0 aliphatic carbocycles. The van der Waals surface area contributed by atoms with Crippen LogP contribution in [0, 0.1) is 0 Å². The lowest BCUT2D eigenvalue weighted by Crippen LogP contribution is -2.45. The zero-order valence-electron chi connectivity index (χ0n) is 49.4. The van der Waals surface area contributed by atoms with Gasteiger partial charge in [-0.2, -0.15) is 0 Å². The molecule has 0 heterocycles. The zero-order valence-corrected chi connectivity index (χ0v) is 49.4. The third-order valence-corrected chi connectivity index (χ3v) is 15.5. The van der Waals surface area contributed by atoms with Crippen molar-refractivity contribution in [1.29, 1.82) is 0 Å². The van der Waals surface area contributed by atoms with Crippen LogP contribution >= 0.6 is 0 Å². The first-order chi connectivity index (χ1) is 36.0. The van der Waals surface area contributed by atoms with Crippen molar-refractivity contribution in [2.75, 3.05) is 13.2 Å². The van der Waals surface area contributed by atoms with E-state index in [2.05, 4.69) is 43.5 Å². The number of allylic oxidation sites excluding steroid dienone is 4. The minimum Gasteiger partial charge on any atom is -0.466 e. The van der Waals surface area contributed by atoms with E-state index in [9.17, 15) is 19.8 Å². The number of ether oxygens (including phenoxy) is 1. The lowest BCUT2D eigenvalue weighted by atomic mass is 10.0. The lowest BCUT2D eigenvalue weighted by molar-refractivity contribution is -0.143. The molecular formula is C67H129NO5. The summed E-state index contributed by atoms with van der Waals surface area (Å²) in [6.45, 7) is 4.93. The second-order valence-electron chi connectivity index (χ2n) is 22.8. The van der Waals surface area contributed by atoms with Gasteiger partial charge < -0.3 is 20.3 Å². The topological polar surface area (TPSA) is 95.9 Å². The van der Waals surface area contributed by atoms with Crippen molar-refractivity contribution in [1.82, 2.24) is 5.32 Å². The van der Waals surface area contributed by atoms with Gasteiger partial charge in [0.2, 0.25) is 5.91 Å². The van der Waals surface area contributed by atoms with Crippen LogP contribution in [0.4, 0.5) is 0 Å². The molecule has 0 saturated heterocycles. The molecule has 6 nitrogen and oxygen atoms in total. The summed E-state index contributed by atoms with van der Waals surface area (Å²) in [7, 11) is 0. The average molecular weight is 1030 g/mol. The van der Waals surface area contributed by atoms with Crippen molar-refractivity contribution in [2.24, 2.45) is 0 Å². The summed E-state index contributed by atoms with van der Waals surface area (Å²) in [4.78, 5) is 24.5. The summed E-state index contributed by atoms with van der Waals surface area (Å²) in [5.74, 6) is -0.0252. The van der Waals surface area contributed by atoms with Crippen LogP contribution in [0.1, 0.15) is 367 Å². The van der Waals surface area contributed by atoms with Gasteiger partial charge in [-0.3, -0.25) is 9.59 Å². The molecule has 0 aliphatic rings. The van der Waals surface area contributed by atoms with Crippen molar-refractivity contribution in [3.05, 3.63) is 24.3 Å². The van der Waals surface area contributed by atoms with Crippen LogP contribution in [-0.4, -0.2) is 47.4 Å². The molecule has 0 rings (SSSR count). The molecular weight excluding hydrogens is 899 g/mol. The molecule has 6 heteroatoms. The van der Waals surface area contributed by atoms with E-state index < -0.39 is 12.1 Å². The highest BCUT2D eigenvalue weighted by Crippen LogP contribution is 2.19. The first-order valence-corrected chi connectivity index (χ1v) is 33.1. The number of esters is 1. The summed E-state index contributed by atoms with van der Waals surface area (Å²) in [6, 6.07) is -0.538. The molecule has 0 fully saturated rings. The molecule has 3 N–H and O–H groups in total. The summed E-state index contributed by atoms with van der Waals surface area (Å²) in [6.07, 6.45) is 77.8. The van der Waals surface area contributed by atoms with Crippen molar-refractivity contribution in [2.45, 2.75) is 379 Å². The van der Waals surface area contributed by atoms with E-state index in [0.29, 0.717) is 25.9 Å². The Morgan fingerprint density at radius 2 is 0.699 bits per heavy atom. The monoisotopic (exact) mass is 1030 g/mol. The Bertz CT molecular complexity index is 1140. The highest BCUT2D eigenvalue weighted by molar-refractivity contribution is 5.76. The number of hydrogen-bond acceptors (Lipinski definition) is 5. The number of carbonyl (C=O) groups is 2. The summed E-state index contributed by atoms with van der Waals surface area (Å²) in [5, 5.41) is 23.3. The van der Waals surface area contributed by atoms with Crippen molar-refractivity contribution >= 4 is 11.9 Å². The van der Waals surface area contributed by atoms with E-state index >= 15 is 0 Å². The molecule has 73 heavy (non-hydrogen) atoms. The smallest absolute Gasteiger partial charge is 0.305 e. The minimum atomic E-state index is -0.661. The Balaban J connectivity index is 3.33. The van der Waals surface area contributed by atoms with E-state index in [1.165, 1.54) is 283 Å². The maximum Gasteiger partial charge on any atom is 0.305 e. The van der Waals surface area contributed by atoms with E-state index in [4.69, 9.17) is 4.74 Å². The summed E-state index contributed by atoms with van der Waals surface area (Å²) in [5.41, 5.74) is 0. The van der Waals surface area contributed by atoms with E-state index in [0.717, 1.165) is 51.4 Å². The second-order valence-corrected chi connectivity index (χ2v) is 22.8. The van der Waals surface area contributed by atoms with E-state index in [1.807, 2.05) is 0 Å². The molecule has 1 amide bonds. The van der Waals surface area contributed by atoms with Crippen LogP contribution in [0.2, 0.25) is 0 Å². The summed E-state index contributed by atoms with van der Waals surface area (Å²) >= 11 is 0. The van der Waals surface area contributed by atoms with Gasteiger partial charge in [-0.25, -0.2) is 0 Å². The number of nitrogens with one attached hydrogen (secondary N) is 1. The number of aliphatic hydroxyl groups is 2. The van der Waals surface area contributed by atoms with Crippen LogP contribution in [0.25, 0.3) is 0 Å². The fourth-order valence-electron chi connectivity index (χ4n) is 10.4. The quantitative estimate of drug-likeness (QED) is 0.0320. The molecule has 0 spiro atoms. The number of hydrogen-bond donors (Lipinski definition) is 3. The number of rotatable bonds is 62. The molecule has 2 atom stereocenters. The second kappa shape index (κ2) is 62.9. The lowest BCUT2D eigenvalue weighted by Gasteiger charge is -2.22. The molecule has 0 saturated carbocycles. The molecule has 432 valence electrons. The fraction of sp³-hybridized carbons (Fsp3) is 0.910. The largest absolute Gasteiger partial charge is 0.466 e. The van der Waals surface area contributed by atoms with Gasteiger partial charge in [0, 0.05) is 12.8 Å². The first kappa shape index (κ1) is 71.3. The van der Waals surface area contributed by atoms with Gasteiger partial charge in [0.25, 0.3) is 0 Å². The minimum absolute atomic E-state index is 0.00453. The molecule has 0 aliphatic heterocycles. The first-order valence-electron chi connectivity index (χ1n) is 33.1. The van der Waals surface area contributed by atoms with Crippen molar-refractivity contribution in [3.63, 3.8) is 0 Å². The molecule has 0 bridgehead atoms. The van der Waals surface area contributed by atoms with Gasteiger partial charge >= 0.3 is 5.97 Å². The molecule has 0 aromatic heterocycles. The Morgan fingerprint density at radius 3 is 1.08 bits per heavy atom. The van der Waals surface area contributed by atoms with Gasteiger partial charge in [-0.05, 0) is 51.4 Å². The Morgan fingerprint density at radius 1 is 0.384 bits per heavy atom. The van der Waals surface area contributed by atoms with Gasteiger partial charge in [-0.1, -0.05) is 327 Å². The number of aliphatic hydroxyl groups excluding tert-OH is 2. The highest BCUT2D eigenvalue weighted by Gasteiger charge is 2.20. The van der Waals surface area contributed by atoms with Gasteiger partial charge in [0.1, 0.15) is 0 Å². The molecule has 0 radical (unpaired) electrons. The van der Waals surface area contributed by atoms with Gasteiger partial charge in [-0.15, -0.1) is 0 Å². The van der Waals surface area contributed by atoms with Crippen LogP contribution in [0.3, 0.4) is 0 Å².